The standard InChI is InChI=1S/C17H23BrN2O3/c1-11-5-6-13(18)14(9-11)19-15(21)12-7-8-20(10-12)16(22)23-17(2,3)4/h5-6,9,12H,7-8,10H2,1-4H3,(H,19,21)/t12-/m0/s1. The van der Waals surface area contributed by atoms with Crippen molar-refractivity contribution in [3.8, 4) is 0 Å². The highest BCUT2D eigenvalue weighted by Gasteiger charge is 2.33. The molecule has 1 aromatic rings. The number of benzene rings is 1. The number of halogens is 1. The number of carbonyl (C=O) groups excluding carboxylic acids is 2. The van der Waals surface area contributed by atoms with Gasteiger partial charge in [-0.2, -0.15) is 0 Å². The van der Waals surface area contributed by atoms with Crippen LogP contribution in [0.4, 0.5) is 10.5 Å². The minimum absolute atomic E-state index is 0.0673. The molecule has 0 unspecified atom stereocenters. The zero-order valence-corrected chi connectivity index (χ0v) is 15.6. The quantitative estimate of drug-likeness (QED) is 0.841. The highest BCUT2D eigenvalue weighted by Crippen LogP contribution is 2.26. The van der Waals surface area contributed by atoms with Gasteiger partial charge in [0.1, 0.15) is 5.60 Å². The molecular formula is C17H23BrN2O3. The van der Waals surface area contributed by atoms with Gasteiger partial charge in [-0.25, -0.2) is 4.79 Å². The van der Waals surface area contributed by atoms with Crippen LogP contribution in [-0.2, 0) is 9.53 Å². The molecule has 2 rings (SSSR count). The molecule has 0 aliphatic carbocycles. The molecule has 1 aliphatic rings. The average molecular weight is 383 g/mol. The molecule has 2 amide bonds. The Morgan fingerprint density at radius 3 is 2.70 bits per heavy atom. The topological polar surface area (TPSA) is 58.6 Å². The highest BCUT2D eigenvalue weighted by atomic mass is 79.9. The zero-order valence-electron chi connectivity index (χ0n) is 14.0. The van der Waals surface area contributed by atoms with E-state index < -0.39 is 5.60 Å². The van der Waals surface area contributed by atoms with E-state index >= 15 is 0 Å². The summed E-state index contributed by atoms with van der Waals surface area (Å²) in [5, 5.41) is 2.94. The van der Waals surface area contributed by atoms with E-state index in [4.69, 9.17) is 4.74 Å². The lowest BCUT2D eigenvalue weighted by Crippen LogP contribution is -2.36. The number of hydrogen-bond donors (Lipinski definition) is 1. The van der Waals surface area contributed by atoms with E-state index in [2.05, 4.69) is 21.2 Å². The molecule has 1 aliphatic heterocycles. The van der Waals surface area contributed by atoms with Crippen molar-refractivity contribution >= 4 is 33.6 Å². The van der Waals surface area contributed by atoms with Crippen LogP contribution in [0.25, 0.3) is 0 Å². The summed E-state index contributed by atoms with van der Waals surface area (Å²) < 4.78 is 6.20. The molecule has 23 heavy (non-hydrogen) atoms. The molecule has 1 N–H and O–H groups in total. The van der Waals surface area contributed by atoms with Gasteiger partial charge in [-0.05, 0) is 67.7 Å². The number of carbonyl (C=O) groups is 2. The summed E-state index contributed by atoms with van der Waals surface area (Å²) >= 11 is 3.44. The van der Waals surface area contributed by atoms with Crippen molar-refractivity contribution in [3.63, 3.8) is 0 Å². The number of anilines is 1. The second-order valence-electron chi connectivity index (χ2n) is 6.88. The van der Waals surface area contributed by atoms with Crippen LogP contribution in [0.3, 0.4) is 0 Å². The number of nitrogens with zero attached hydrogens (tertiary/aromatic N) is 1. The summed E-state index contributed by atoms with van der Waals surface area (Å²) in [6.07, 6.45) is 0.290. The number of amides is 2. The molecule has 0 radical (unpaired) electrons. The molecule has 126 valence electrons. The molecule has 1 atom stereocenters. The van der Waals surface area contributed by atoms with Crippen LogP contribution in [0.1, 0.15) is 32.8 Å². The average Bonchev–Trinajstić information content (AvgIpc) is 2.91. The van der Waals surface area contributed by atoms with Gasteiger partial charge in [-0.15, -0.1) is 0 Å². The van der Waals surface area contributed by atoms with Crippen LogP contribution in [-0.4, -0.2) is 35.6 Å². The van der Waals surface area contributed by atoms with Gasteiger partial charge >= 0.3 is 6.09 Å². The summed E-state index contributed by atoms with van der Waals surface area (Å²) in [6.45, 7) is 8.41. The summed E-state index contributed by atoms with van der Waals surface area (Å²) in [5.74, 6) is -0.280. The van der Waals surface area contributed by atoms with E-state index in [1.165, 1.54) is 0 Å². The van der Waals surface area contributed by atoms with E-state index in [1.54, 1.807) is 4.90 Å². The molecule has 0 bridgehead atoms. The molecule has 6 heteroatoms. The van der Waals surface area contributed by atoms with Gasteiger partial charge in [-0.3, -0.25) is 4.79 Å². The summed E-state index contributed by atoms with van der Waals surface area (Å²) in [6, 6.07) is 5.80. The molecule has 1 saturated heterocycles. The molecule has 1 heterocycles. The maximum absolute atomic E-state index is 12.4. The van der Waals surface area contributed by atoms with Gasteiger partial charge in [0.05, 0.1) is 11.6 Å². The molecule has 1 aromatic carbocycles. The highest BCUT2D eigenvalue weighted by molar-refractivity contribution is 9.10. The van der Waals surface area contributed by atoms with Crippen LogP contribution in [0.2, 0.25) is 0 Å². The fraction of sp³-hybridized carbons (Fsp3) is 0.529. The molecule has 5 nitrogen and oxygen atoms in total. The summed E-state index contributed by atoms with van der Waals surface area (Å²) in [4.78, 5) is 26.1. The fourth-order valence-electron chi connectivity index (χ4n) is 2.44. The Morgan fingerprint density at radius 2 is 2.04 bits per heavy atom. The lowest BCUT2D eigenvalue weighted by molar-refractivity contribution is -0.119. The van der Waals surface area contributed by atoms with Crippen LogP contribution in [0, 0.1) is 12.8 Å². The van der Waals surface area contributed by atoms with E-state index in [9.17, 15) is 9.59 Å². The number of hydrogen-bond acceptors (Lipinski definition) is 3. The third-order valence-electron chi connectivity index (χ3n) is 3.59. The normalized spacial score (nSPS) is 18.0. The first-order valence-electron chi connectivity index (χ1n) is 7.70. The lowest BCUT2D eigenvalue weighted by Gasteiger charge is -2.24. The van der Waals surface area contributed by atoms with Crippen molar-refractivity contribution in [2.75, 3.05) is 18.4 Å². The second-order valence-corrected chi connectivity index (χ2v) is 7.74. The second kappa shape index (κ2) is 6.91. The summed E-state index contributed by atoms with van der Waals surface area (Å²) in [5.41, 5.74) is 1.31. The number of nitrogens with one attached hydrogen (secondary N) is 1. The van der Waals surface area contributed by atoms with Crippen molar-refractivity contribution in [3.05, 3.63) is 28.2 Å². The maximum Gasteiger partial charge on any atom is 0.410 e. The zero-order chi connectivity index (χ0) is 17.2. The first-order valence-corrected chi connectivity index (χ1v) is 8.50. The van der Waals surface area contributed by atoms with E-state index in [0.29, 0.717) is 19.5 Å². The Morgan fingerprint density at radius 1 is 1.35 bits per heavy atom. The maximum atomic E-state index is 12.4. The SMILES string of the molecule is Cc1ccc(Br)c(NC(=O)[C@H]2CCN(C(=O)OC(C)(C)C)C2)c1. The van der Waals surface area contributed by atoms with Crippen molar-refractivity contribution in [1.82, 2.24) is 4.90 Å². The van der Waals surface area contributed by atoms with Gasteiger partial charge < -0.3 is 15.0 Å². The predicted molar refractivity (Wildman–Crippen MR) is 93.4 cm³/mol. The van der Waals surface area contributed by atoms with Gasteiger partial charge in [0.25, 0.3) is 0 Å². The molecular weight excluding hydrogens is 360 g/mol. The third kappa shape index (κ3) is 4.96. The fourth-order valence-corrected chi connectivity index (χ4v) is 2.78. The minimum atomic E-state index is -0.524. The number of ether oxygens (including phenoxy) is 1. The molecule has 0 saturated carbocycles. The first kappa shape index (κ1) is 17.8. The van der Waals surface area contributed by atoms with Crippen molar-refractivity contribution in [1.29, 1.82) is 0 Å². The monoisotopic (exact) mass is 382 g/mol. The number of rotatable bonds is 2. The van der Waals surface area contributed by atoms with Gasteiger partial charge in [0, 0.05) is 17.6 Å². The Kier molecular flexibility index (Phi) is 5.34. The Hall–Kier alpha value is -1.56. The van der Waals surface area contributed by atoms with E-state index in [-0.39, 0.29) is 17.9 Å². The van der Waals surface area contributed by atoms with Gasteiger partial charge in [-0.1, -0.05) is 6.07 Å². The van der Waals surface area contributed by atoms with Crippen LogP contribution in [0.15, 0.2) is 22.7 Å². The first-order chi connectivity index (χ1) is 10.7. The van der Waals surface area contributed by atoms with Crippen LogP contribution >= 0.6 is 15.9 Å². The van der Waals surface area contributed by atoms with E-state index in [0.717, 1.165) is 15.7 Å². The van der Waals surface area contributed by atoms with E-state index in [1.807, 2.05) is 45.9 Å². The third-order valence-corrected chi connectivity index (χ3v) is 4.28. The Bertz CT molecular complexity index is 610. The van der Waals surface area contributed by atoms with Gasteiger partial charge in [0.15, 0.2) is 0 Å². The van der Waals surface area contributed by atoms with Crippen LogP contribution in [0.5, 0.6) is 0 Å². The van der Waals surface area contributed by atoms with Crippen molar-refractivity contribution in [2.24, 2.45) is 5.92 Å². The minimum Gasteiger partial charge on any atom is -0.444 e. The number of likely N-dealkylation sites (tertiary alicyclic amines) is 1. The smallest absolute Gasteiger partial charge is 0.410 e. The molecule has 1 fully saturated rings. The molecule has 0 spiro atoms. The largest absolute Gasteiger partial charge is 0.444 e. The van der Waals surface area contributed by atoms with Crippen molar-refractivity contribution in [2.45, 2.75) is 39.7 Å². The Balaban J connectivity index is 1.95. The Labute approximate surface area is 145 Å². The summed E-state index contributed by atoms with van der Waals surface area (Å²) in [7, 11) is 0. The lowest BCUT2D eigenvalue weighted by atomic mass is 10.1. The molecule has 0 aromatic heterocycles. The van der Waals surface area contributed by atoms with Crippen molar-refractivity contribution < 1.29 is 14.3 Å². The van der Waals surface area contributed by atoms with Crippen LogP contribution < -0.4 is 5.32 Å². The predicted octanol–water partition coefficient (Wildman–Crippen LogP) is 3.95. The number of aryl methyl sites for hydroxylation is 1. The van der Waals surface area contributed by atoms with Gasteiger partial charge in [0.2, 0.25) is 5.91 Å².